The van der Waals surface area contributed by atoms with Gasteiger partial charge in [0, 0.05) is 12.0 Å². The Balaban J connectivity index is 2.14. The highest BCUT2D eigenvalue weighted by Crippen LogP contribution is 2.25. The fourth-order valence-electron chi connectivity index (χ4n) is 1.80. The van der Waals surface area contributed by atoms with Gasteiger partial charge in [-0.05, 0) is 30.7 Å². The molecular formula is C13H17NO4. The van der Waals surface area contributed by atoms with E-state index in [-0.39, 0.29) is 19.1 Å². The minimum atomic E-state index is -1.01. The number of fused-ring (bicyclic) bond motifs is 1. The topological polar surface area (TPSA) is 78.8 Å². The van der Waals surface area contributed by atoms with E-state index in [4.69, 9.17) is 14.9 Å². The molecule has 2 rings (SSSR count). The first-order valence-corrected chi connectivity index (χ1v) is 5.88. The van der Waals surface area contributed by atoms with E-state index in [1.54, 1.807) is 25.1 Å². The third kappa shape index (κ3) is 2.47. The molecular weight excluding hydrogens is 234 g/mol. The first kappa shape index (κ1) is 12.9. The van der Waals surface area contributed by atoms with Crippen molar-refractivity contribution in [2.24, 2.45) is 0 Å². The van der Waals surface area contributed by atoms with E-state index >= 15 is 0 Å². The maximum Gasteiger partial charge on any atom is 0.251 e. The van der Waals surface area contributed by atoms with E-state index < -0.39 is 5.54 Å². The molecule has 0 saturated heterocycles. The van der Waals surface area contributed by atoms with Crippen LogP contribution in [-0.4, -0.2) is 41.5 Å². The molecule has 0 unspecified atom stereocenters. The second-order valence-corrected chi connectivity index (χ2v) is 4.75. The highest BCUT2D eigenvalue weighted by atomic mass is 16.5. The molecule has 1 aliphatic rings. The van der Waals surface area contributed by atoms with Crippen LogP contribution in [0.1, 0.15) is 22.8 Å². The van der Waals surface area contributed by atoms with Crippen LogP contribution < -0.4 is 10.1 Å². The van der Waals surface area contributed by atoms with E-state index in [2.05, 4.69) is 5.32 Å². The third-order valence-corrected chi connectivity index (χ3v) is 3.06. The molecule has 1 aromatic carbocycles. The Morgan fingerprint density at radius 2 is 2.17 bits per heavy atom. The van der Waals surface area contributed by atoms with Crippen molar-refractivity contribution in [2.75, 3.05) is 19.8 Å². The van der Waals surface area contributed by atoms with Gasteiger partial charge < -0.3 is 20.3 Å². The Labute approximate surface area is 105 Å². The van der Waals surface area contributed by atoms with E-state index in [1.165, 1.54) is 0 Å². The number of carbonyl (C=O) groups is 1. The lowest BCUT2D eigenvalue weighted by atomic mass is 10.0. The molecule has 5 nitrogen and oxygen atoms in total. The van der Waals surface area contributed by atoms with Crippen molar-refractivity contribution >= 4 is 5.91 Å². The average molecular weight is 251 g/mol. The van der Waals surface area contributed by atoms with Gasteiger partial charge in [0.05, 0.1) is 25.4 Å². The smallest absolute Gasteiger partial charge is 0.251 e. The van der Waals surface area contributed by atoms with Gasteiger partial charge in [0.1, 0.15) is 5.75 Å². The summed E-state index contributed by atoms with van der Waals surface area (Å²) in [6.45, 7) is 1.60. The number of benzene rings is 1. The molecule has 18 heavy (non-hydrogen) atoms. The summed E-state index contributed by atoms with van der Waals surface area (Å²) in [5.41, 5.74) is 0.511. The van der Waals surface area contributed by atoms with Crippen molar-refractivity contribution < 1.29 is 19.7 Å². The highest BCUT2D eigenvalue weighted by Gasteiger charge is 2.25. The predicted octanol–water partition coefficient (Wildman–Crippen LogP) is 0.0946. The summed E-state index contributed by atoms with van der Waals surface area (Å²) < 4.78 is 5.36. The van der Waals surface area contributed by atoms with Crippen LogP contribution in [0.2, 0.25) is 0 Å². The van der Waals surface area contributed by atoms with Crippen molar-refractivity contribution in [2.45, 2.75) is 18.9 Å². The van der Waals surface area contributed by atoms with Gasteiger partial charge in [0.2, 0.25) is 0 Å². The number of nitrogens with one attached hydrogen (secondary N) is 1. The predicted molar refractivity (Wildman–Crippen MR) is 65.7 cm³/mol. The normalized spacial score (nSPS) is 13.9. The van der Waals surface area contributed by atoms with Crippen LogP contribution in [0.25, 0.3) is 0 Å². The van der Waals surface area contributed by atoms with Crippen molar-refractivity contribution in [3.05, 3.63) is 29.3 Å². The molecule has 0 aliphatic carbocycles. The van der Waals surface area contributed by atoms with Crippen molar-refractivity contribution in [3.63, 3.8) is 0 Å². The van der Waals surface area contributed by atoms with E-state index in [0.29, 0.717) is 12.2 Å². The fourth-order valence-corrected chi connectivity index (χ4v) is 1.80. The third-order valence-electron chi connectivity index (χ3n) is 3.06. The first-order chi connectivity index (χ1) is 8.58. The van der Waals surface area contributed by atoms with E-state index in [1.807, 2.05) is 0 Å². The molecule has 1 amide bonds. The quantitative estimate of drug-likeness (QED) is 0.709. The van der Waals surface area contributed by atoms with Crippen LogP contribution in [0.15, 0.2) is 18.2 Å². The Morgan fingerprint density at radius 1 is 1.44 bits per heavy atom. The summed E-state index contributed by atoms with van der Waals surface area (Å²) in [6, 6.07) is 5.23. The second-order valence-electron chi connectivity index (χ2n) is 4.75. The highest BCUT2D eigenvalue weighted by molar-refractivity contribution is 5.95. The molecule has 0 fully saturated rings. The zero-order valence-electron chi connectivity index (χ0n) is 10.3. The van der Waals surface area contributed by atoms with Crippen LogP contribution >= 0.6 is 0 Å². The van der Waals surface area contributed by atoms with Gasteiger partial charge in [-0.3, -0.25) is 4.79 Å². The van der Waals surface area contributed by atoms with E-state index in [9.17, 15) is 4.79 Å². The molecule has 0 radical (unpaired) electrons. The molecule has 0 aromatic heterocycles. The minimum Gasteiger partial charge on any atom is -0.493 e. The molecule has 98 valence electrons. The van der Waals surface area contributed by atoms with E-state index in [0.717, 1.165) is 17.7 Å². The molecule has 5 heteroatoms. The zero-order chi connectivity index (χ0) is 13.2. The maximum atomic E-state index is 12.0. The van der Waals surface area contributed by atoms with Gasteiger partial charge in [-0.15, -0.1) is 0 Å². The number of hydrogen-bond acceptors (Lipinski definition) is 4. The van der Waals surface area contributed by atoms with Crippen molar-refractivity contribution in [1.82, 2.24) is 5.32 Å². The lowest BCUT2D eigenvalue weighted by molar-refractivity contribution is 0.0724. The number of amides is 1. The average Bonchev–Trinajstić information content (AvgIpc) is 2.85. The van der Waals surface area contributed by atoms with Gasteiger partial charge in [-0.25, -0.2) is 0 Å². The summed E-state index contributed by atoms with van der Waals surface area (Å²) >= 11 is 0. The van der Waals surface area contributed by atoms with Crippen LogP contribution in [0, 0.1) is 0 Å². The molecule has 0 bridgehead atoms. The zero-order valence-corrected chi connectivity index (χ0v) is 10.3. The number of hydrogen-bond donors (Lipinski definition) is 3. The Bertz CT molecular complexity index is 454. The Hall–Kier alpha value is -1.59. The van der Waals surface area contributed by atoms with Gasteiger partial charge in [-0.1, -0.05) is 0 Å². The minimum absolute atomic E-state index is 0.310. The van der Waals surface area contributed by atoms with Crippen LogP contribution in [0.4, 0.5) is 0 Å². The SMILES string of the molecule is CC(CO)(CO)NC(=O)c1ccc2c(c1)CCO2. The molecule has 0 spiro atoms. The van der Waals surface area contributed by atoms with Crippen molar-refractivity contribution in [3.8, 4) is 5.75 Å². The van der Waals surface area contributed by atoms with Crippen molar-refractivity contribution in [1.29, 1.82) is 0 Å². The monoisotopic (exact) mass is 251 g/mol. The number of aliphatic hydroxyl groups excluding tert-OH is 2. The standard InChI is InChI=1S/C13H17NO4/c1-13(7-15,8-16)14-12(17)10-2-3-11-9(6-10)4-5-18-11/h2-3,6,15-16H,4-5,7-8H2,1H3,(H,14,17). The summed E-state index contributed by atoms with van der Waals surface area (Å²) in [4.78, 5) is 12.0. The molecule has 3 N–H and O–H groups in total. The first-order valence-electron chi connectivity index (χ1n) is 5.88. The molecule has 0 saturated carbocycles. The van der Waals surface area contributed by atoms with Crippen LogP contribution in [-0.2, 0) is 6.42 Å². The lowest BCUT2D eigenvalue weighted by Crippen LogP contribution is -2.51. The summed E-state index contributed by atoms with van der Waals surface area (Å²) in [5.74, 6) is 0.508. The van der Waals surface area contributed by atoms with Gasteiger partial charge in [0.25, 0.3) is 5.91 Å². The Morgan fingerprint density at radius 3 is 2.83 bits per heavy atom. The summed E-state index contributed by atoms with van der Waals surface area (Å²) in [6.07, 6.45) is 0.799. The summed E-state index contributed by atoms with van der Waals surface area (Å²) in [7, 11) is 0. The molecule has 1 aromatic rings. The lowest BCUT2D eigenvalue weighted by Gasteiger charge is -2.26. The molecule has 1 heterocycles. The molecule has 1 aliphatic heterocycles. The van der Waals surface area contributed by atoms with Crippen LogP contribution in [0.5, 0.6) is 5.75 Å². The number of carbonyl (C=O) groups excluding carboxylic acids is 1. The maximum absolute atomic E-state index is 12.0. The van der Waals surface area contributed by atoms with Gasteiger partial charge in [-0.2, -0.15) is 0 Å². The largest absolute Gasteiger partial charge is 0.493 e. The second kappa shape index (κ2) is 4.96. The number of rotatable bonds is 4. The fraction of sp³-hybridized carbons (Fsp3) is 0.462. The Kier molecular flexibility index (Phi) is 3.54. The molecule has 0 atom stereocenters. The van der Waals surface area contributed by atoms with Gasteiger partial charge >= 0.3 is 0 Å². The van der Waals surface area contributed by atoms with Gasteiger partial charge in [0.15, 0.2) is 0 Å². The number of aliphatic hydroxyl groups is 2. The summed E-state index contributed by atoms with van der Waals surface area (Å²) in [5, 5.41) is 20.9. The van der Waals surface area contributed by atoms with Crippen LogP contribution in [0.3, 0.4) is 0 Å². The number of ether oxygens (including phenoxy) is 1.